The molecular formula is C27H25ClN4O. The summed E-state index contributed by atoms with van der Waals surface area (Å²) in [4.78, 5) is 18.4. The molecule has 4 aromatic rings. The van der Waals surface area contributed by atoms with Crippen molar-refractivity contribution in [2.45, 2.75) is 32.7 Å². The molecule has 3 aromatic carbocycles. The predicted molar refractivity (Wildman–Crippen MR) is 135 cm³/mol. The number of imidazole rings is 1. The van der Waals surface area contributed by atoms with Gasteiger partial charge < -0.3 is 10.6 Å². The lowest BCUT2D eigenvalue weighted by molar-refractivity contribution is -0.113. The van der Waals surface area contributed by atoms with Crippen LogP contribution in [0, 0.1) is 0 Å². The number of amides is 1. The Morgan fingerprint density at radius 1 is 1.03 bits per heavy atom. The molecule has 1 atom stereocenters. The zero-order chi connectivity index (χ0) is 23.1. The van der Waals surface area contributed by atoms with Gasteiger partial charge in [-0.1, -0.05) is 61.8 Å². The van der Waals surface area contributed by atoms with Crippen molar-refractivity contribution in [2.24, 2.45) is 0 Å². The van der Waals surface area contributed by atoms with Crippen LogP contribution in [0.5, 0.6) is 0 Å². The summed E-state index contributed by atoms with van der Waals surface area (Å²) in [5, 5.41) is 7.02. The van der Waals surface area contributed by atoms with Gasteiger partial charge in [-0.05, 0) is 60.4 Å². The molecule has 0 bridgehead atoms. The lowest BCUT2D eigenvalue weighted by Crippen LogP contribution is -2.30. The Balaban J connectivity index is 1.64. The van der Waals surface area contributed by atoms with Crippen molar-refractivity contribution in [1.29, 1.82) is 0 Å². The van der Waals surface area contributed by atoms with Crippen LogP contribution in [0.25, 0.3) is 11.0 Å². The van der Waals surface area contributed by atoms with Crippen molar-refractivity contribution < 1.29 is 4.79 Å². The fourth-order valence-corrected chi connectivity index (χ4v) is 4.49. The Labute approximate surface area is 198 Å². The fraction of sp³-hybridized carbons (Fsp3) is 0.185. The van der Waals surface area contributed by atoms with Crippen LogP contribution in [0.2, 0.25) is 5.02 Å². The van der Waals surface area contributed by atoms with Crippen LogP contribution in [0.15, 0.2) is 84.1 Å². The third-order valence-corrected chi connectivity index (χ3v) is 6.35. The van der Waals surface area contributed by atoms with E-state index < -0.39 is 0 Å². The number of halogens is 1. The molecule has 0 radical (unpaired) electrons. The second kappa shape index (κ2) is 8.41. The van der Waals surface area contributed by atoms with Crippen LogP contribution in [-0.4, -0.2) is 15.5 Å². The molecule has 1 aliphatic heterocycles. The number of nitrogens with zero attached hydrogens (tertiary/aromatic N) is 2. The van der Waals surface area contributed by atoms with E-state index in [0.29, 0.717) is 22.2 Å². The first-order chi connectivity index (χ1) is 15.9. The maximum Gasteiger partial charge on any atom is 0.255 e. The maximum atomic E-state index is 13.6. The number of hydrogen-bond acceptors (Lipinski definition) is 3. The van der Waals surface area contributed by atoms with E-state index in [1.54, 1.807) is 24.3 Å². The minimum Gasteiger partial charge on any atom is -0.329 e. The number of carbonyl (C=O) groups excluding carboxylic acids is 1. The minimum absolute atomic E-state index is 0.163. The van der Waals surface area contributed by atoms with Gasteiger partial charge in [0.15, 0.2) is 0 Å². The molecule has 5 rings (SSSR count). The summed E-state index contributed by atoms with van der Waals surface area (Å²) in [6.45, 7) is 6.28. The summed E-state index contributed by atoms with van der Waals surface area (Å²) < 4.78 is 2.11. The van der Waals surface area contributed by atoms with Gasteiger partial charge in [-0.2, -0.15) is 0 Å². The third kappa shape index (κ3) is 3.89. The van der Waals surface area contributed by atoms with Crippen LogP contribution >= 0.6 is 11.6 Å². The molecule has 0 saturated heterocycles. The Bertz CT molecular complexity index is 1370. The van der Waals surface area contributed by atoms with E-state index in [9.17, 15) is 4.79 Å². The van der Waals surface area contributed by atoms with Crippen LogP contribution in [0.1, 0.15) is 43.9 Å². The number of anilines is 2. The Hall–Kier alpha value is -3.57. The Kier molecular flexibility index (Phi) is 5.43. The second-order valence-electron chi connectivity index (χ2n) is 8.64. The smallest absolute Gasteiger partial charge is 0.255 e. The molecule has 1 aromatic heterocycles. The van der Waals surface area contributed by atoms with Gasteiger partial charge in [0.05, 0.1) is 22.6 Å². The second-order valence-corrected chi connectivity index (χ2v) is 9.08. The van der Waals surface area contributed by atoms with Crippen molar-refractivity contribution in [2.75, 3.05) is 10.6 Å². The fourth-order valence-electron chi connectivity index (χ4n) is 4.37. The van der Waals surface area contributed by atoms with E-state index in [0.717, 1.165) is 28.2 Å². The third-order valence-electron chi connectivity index (χ3n) is 6.10. The molecule has 33 heavy (non-hydrogen) atoms. The van der Waals surface area contributed by atoms with Crippen LogP contribution in [0.4, 0.5) is 11.6 Å². The molecule has 0 spiro atoms. The number of hydrogen-bond donors (Lipinski definition) is 2. The molecule has 2 heterocycles. The molecule has 0 fully saturated rings. The van der Waals surface area contributed by atoms with Crippen molar-refractivity contribution in [1.82, 2.24) is 9.55 Å². The maximum absolute atomic E-state index is 13.6. The van der Waals surface area contributed by atoms with Crippen LogP contribution < -0.4 is 10.6 Å². The number of allylic oxidation sites excluding steroid dienone is 1. The highest BCUT2D eigenvalue weighted by Crippen LogP contribution is 2.39. The minimum atomic E-state index is -0.317. The first-order valence-corrected chi connectivity index (χ1v) is 11.4. The largest absolute Gasteiger partial charge is 0.329 e. The summed E-state index contributed by atoms with van der Waals surface area (Å²) >= 11 is 6.02. The number of carbonyl (C=O) groups is 1. The highest BCUT2D eigenvalue weighted by molar-refractivity contribution is 6.30. The lowest BCUT2D eigenvalue weighted by atomic mass is 9.92. The molecule has 166 valence electrons. The summed E-state index contributed by atoms with van der Waals surface area (Å²) in [6, 6.07) is 23.3. The molecule has 5 nitrogen and oxygen atoms in total. The van der Waals surface area contributed by atoms with Crippen molar-refractivity contribution >= 4 is 40.2 Å². The number of aromatic nitrogens is 2. The van der Waals surface area contributed by atoms with Gasteiger partial charge in [0.25, 0.3) is 5.91 Å². The van der Waals surface area contributed by atoms with E-state index in [4.69, 9.17) is 16.6 Å². The monoisotopic (exact) mass is 456 g/mol. The number of nitrogens with one attached hydrogen (secondary N) is 2. The highest BCUT2D eigenvalue weighted by Gasteiger charge is 2.34. The molecular weight excluding hydrogens is 432 g/mol. The van der Waals surface area contributed by atoms with Crippen molar-refractivity contribution in [3.05, 3.63) is 100 Å². The SMILES string of the molecule is CC1=C(C(=O)Nc2ccc(Cl)cc2)C(c2ccc(C(C)C)cc2)n2c(nc3ccccc32)N1. The molecule has 0 saturated carbocycles. The average Bonchev–Trinajstić information content (AvgIpc) is 3.17. The van der Waals surface area contributed by atoms with Crippen LogP contribution in [-0.2, 0) is 4.79 Å². The van der Waals surface area contributed by atoms with E-state index in [2.05, 4.69) is 53.3 Å². The molecule has 1 unspecified atom stereocenters. The summed E-state index contributed by atoms with van der Waals surface area (Å²) in [5.41, 5.74) is 6.28. The molecule has 0 aliphatic carbocycles. The van der Waals surface area contributed by atoms with Gasteiger partial charge in [-0.15, -0.1) is 0 Å². The summed E-state index contributed by atoms with van der Waals surface area (Å²) in [6.07, 6.45) is 0. The van der Waals surface area contributed by atoms with E-state index in [1.807, 2.05) is 31.2 Å². The van der Waals surface area contributed by atoms with E-state index in [-0.39, 0.29) is 11.9 Å². The Morgan fingerprint density at radius 2 is 1.73 bits per heavy atom. The quantitative estimate of drug-likeness (QED) is 0.357. The van der Waals surface area contributed by atoms with Crippen molar-refractivity contribution in [3.8, 4) is 0 Å². The topological polar surface area (TPSA) is 59.0 Å². The first-order valence-electron chi connectivity index (χ1n) is 11.0. The van der Waals surface area contributed by atoms with Gasteiger partial charge in [-0.25, -0.2) is 4.98 Å². The number of fused-ring (bicyclic) bond motifs is 3. The van der Waals surface area contributed by atoms with Gasteiger partial charge in [-0.3, -0.25) is 9.36 Å². The molecule has 1 amide bonds. The van der Waals surface area contributed by atoms with Gasteiger partial charge in [0, 0.05) is 16.4 Å². The van der Waals surface area contributed by atoms with Crippen molar-refractivity contribution in [3.63, 3.8) is 0 Å². The number of rotatable bonds is 4. The van der Waals surface area contributed by atoms with Gasteiger partial charge in [0.1, 0.15) is 0 Å². The summed E-state index contributed by atoms with van der Waals surface area (Å²) in [7, 11) is 0. The van der Waals surface area contributed by atoms with Crippen LogP contribution in [0.3, 0.4) is 0 Å². The zero-order valence-electron chi connectivity index (χ0n) is 18.8. The number of para-hydroxylation sites is 2. The first kappa shape index (κ1) is 21.3. The molecule has 1 aliphatic rings. The molecule has 6 heteroatoms. The van der Waals surface area contributed by atoms with Gasteiger partial charge in [0.2, 0.25) is 5.95 Å². The van der Waals surface area contributed by atoms with E-state index in [1.165, 1.54) is 5.56 Å². The average molecular weight is 457 g/mol. The highest BCUT2D eigenvalue weighted by atomic mass is 35.5. The summed E-state index contributed by atoms with van der Waals surface area (Å²) in [5.74, 6) is 1.00. The standard InChI is InChI=1S/C27H25ClN4O/c1-16(2)18-8-10-19(11-9-18)25-24(26(33)30-21-14-12-20(28)13-15-21)17(3)29-27-31-22-6-4-5-7-23(22)32(25)27/h4-16,25H,1-3H3,(H,29,31)(H,30,33). The molecule has 2 N–H and O–H groups in total. The van der Waals surface area contributed by atoms with E-state index >= 15 is 0 Å². The zero-order valence-corrected chi connectivity index (χ0v) is 19.5. The normalized spacial score (nSPS) is 15.5. The number of benzene rings is 3. The predicted octanol–water partition coefficient (Wildman–Crippen LogP) is 6.74. The lowest BCUT2D eigenvalue weighted by Gasteiger charge is -2.31. The van der Waals surface area contributed by atoms with Gasteiger partial charge >= 0.3 is 0 Å². The Morgan fingerprint density at radius 3 is 2.42 bits per heavy atom.